The van der Waals surface area contributed by atoms with Crippen molar-refractivity contribution in [1.29, 1.82) is 0 Å². The minimum atomic E-state index is -0.879. The van der Waals surface area contributed by atoms with Crippen LogP contribution in [0, 0.1) is 0 Å². The second-order valence-electron chi connectivity index (χ2n) is 15.6. The highest BCUT2D eigenvalue weighted by atomic mass is 16.6. The molecule has 8 nitrogen and oxygen atoms in total. The van der Waals surface area contributed by atoms with Crippen LogP contribution in [0.2, 0.25) is 0 Å². The third-order valence-electron chi connectivity index (χ3n) is 9.51. The maximum absolute atomic E-state index is 12.7. The molecule has 53 heavy (non-hydrogen) atoms. The summed E-state index contributed by atoms with van der Waals surface area (Å²) in [5.41, 5.74) is 0. The van der Waals surface area contributed by atoms with Crippen LogP contribution in [-0.2, 0) is 28.6 Å². The number of quaternary nitrogens is 1. The van der Waals surface area contributed by atoms with Gasteiger partial charge in [-0.25, -0.2) is 4.79 Å². The fraction of sp³-hybridized carbons (Fsp3) is 0.800. The van der Waals surface area contributed by atoms with Gasteiger partial charge in [-0.15, -0.1) is 0 Å². The number of hydrogen-bond acceptors (Lipinski definition) is 6. The van der Waals surface area contributed by atoms with Gasteiger partial charge in [0.05, 0.1) is 34.4 Å². The number of rotatable bonds is 38. The van der Waals surface area contributed by atoms with E-state index >= 15 is 0 Å². The molecule has 0 fully saturated rings. The molecule has 1 N–H and O–H groups in total. The first-order valence-electron chi connectivity index (χ1n) is 21.5. The van der Waals surface area contributed by atoms with Crippen LogP contribution in [0.25, 0.3) is 0 Å². The Bertz CT molecular complexity index is 968. The highest BCUT2D eigenvalue weighted by molar-refractivity contribution is 5.72. The molecule has 0 heterocycles. The van der Waals surface area contributed by atoms with E-state index in [1.54, 1.807) is 0 Å². The number of carbonyl (C=O) groups is 3. The van der Waals surface area contributed by atoms with Crippen LogP contribution in [0.4, 0.5) is 0 Å². The third kappa shape index (κ3) is 35.0. The molecule has 2 unspecified atom stereocenters. The van der Waals surface area contributed by atoms with Gasteiger partial charge in [0.15, 0.2) is 12.1 Å². The first-order valence-corrected chi connectivity index (χ1v) is 21.5. The fourth-order valence-electron chi connectivity index (χ4n) is 6.10. The van der Waals surface area contributed by atoms with Crippen molar-refractivity contribution < 1.29 is 38.2 Å². The van der Waals surface area contributed by atoms with E-state index in [2.05, 4.69) is 50.3 Å². The van der Waals surface area contributed by atoms with E-state index < -0.39 is 18.1 Å². The number of likely N-dealkylation sites (N-methyl/N-ethyl adjacent to an activating group) is 1. The van der Waals surface area contributed by atoms with Crippen LogP contribution in [0.15, 0.2) is 36.5 Å². The Morgan fingerprint density at radius 1 is 0.566 bits per heavy atom. The summed E-state index contributed by atoms with van der Waals surface area (Å²) >= 11 is 0. The first-order chi connectivity index (χ1) is 25.6. The lowest BCUT2D eigenvalue weighted by Gasteiger charge is -2.31. The highest BCUT2D eigenvalue weighted by Gasteiger charge is 2.31. The molecule has 308 valence electrons. The van der Waals surface area contributed by atoms with Gasteiger partial charge >= 0.3 is 17.9 Å². The van der Waals surface area contributed by atoms with Crippen molar-refractivity contribution in [1.82, 2.24) is 0 Å². The minimum Gasteiger partial charge on any atom is -0.477 e. The van der Waals surface area contributed by atoms with E-state index in [9.17, 15) is 19.5 Å². The van der Waals surface area contributed by atoms with Crippen LogP contribution < -0.4 is 0 Å². The average molecular weight is 749 g/mol. The van der Waals surface area contributed by atoms with Gasteiger partial charge in [-0.2, -0.15) is 0 Å². The molecule has 0 radical (unpaired) electrons. The van der Waals surface area contributed by atoms with Crippen molar-refractivity contribution in [3.63, 3.8) is 0 Å². The average Bonchev–Trinajstić information content (AvgIpc) is 3.11. The second kappa shape index (κ2) is 36.5. The van der Waals surface area contributed by atoms with E-state index in [-0.39, 0.29) is 36.2 Å². The maximum atomic E-state index is 12.7. The number of aliphatic carboxylic acids is 1. The fourth-order valence-corrected chi connectivity index (χ4v) is 6.10. The Morgan fingerprint density at radius 3 is 1.53 bits per heavy atom. The Labute approximate surface area is 325 Å². The lowest BCUT2D eigenvalue weighted by molar-refractivity contribution is -0.887. The van der Waals surface area contributed by atoms with E-state index in [1.165, 1.54) is 70.6 Å². The quantitative estimate of drug-likeness (QED) is 0.0290. The summed E-state index contributed by atoms with van der Waals surface area (Å²) < 4.78 is 17.2. The van der Waals surface area contributed by atoms with Gasteiger partial charge in [0, 0.05) is 19.3 Å². The Balaban J connectivity index is 4.39. The van der Waals surface area contributed by atoms with Gasteiger partial charge in [0.2, 0.25) is 0 Å². The van der Waals surface area contributed by atoms with Crippen molar-refractivity contribution in [2.75, 3.05) is 41.0 Å². The Hall–Kier alpha value is -2.45. The molecule has 0 aromatic carbocycles. The number of allylic oxidation sites excluding steroid dienone is 6. The largest absolute Gasteiger partial charge is 0.477 e. The van der Waals surface area contributed by atoms with Crippen molar-refractivity contribution in [2.24, 2.45) is 0 Å². The molecule has 0 rings (SSSR count). The summed E-state index contributed by atoms with van der Waals surface area (Å²) in [6, 6.07) is -0.617. The monoisotopic (exact) mass is 749 g/mol. The number of carboxylic acid groups (broad SMARTS) is 1. The number of ether oxygens (including phenoxy) is 3. The molecule has 8 heteroatoms. The van der Waals surface area contributed by atoms with E-state index in [4.69, 9.17) is 14.2 Å². The molecule has 0 aliphatic carbocycles. The van der Waals surface area contributed by atoms with Crippen molar-refractivity contribution >= 4 is 17.9 Å². The normalized spacial score (nSPS) is 13.3. The van der Waals surface area contributed by atoms with Crippen LogP contribution in [0.3, 0.4) is 0 Å². The van der Waals surface area contributed by atoms with Crippen molar-refractivity contribution in [2.45, 2.75) is 193 Å². The molecule has 0 aromatic rings. The molecule has 0 saturated carbocycles. The third-order valence-corrected chi connectivity index (χ3v) is 9.51. The topological polar surface area (TPSA) is 99.1 Å². The zero-order valence-corrected chi connectivity index (χ0v) is 35.0. The van der Waals surface area contributed by atoms with Gasteiger partial charge < -0.3 is 23.8 Å². The van der Waals surface area contributed by atoms with Crippen LogP contribution in [-0.4, -0.2) is 80.6 Å². The predicted molar refractivity (Wildman–Crippen MR) is 220 cm³/mol. The molecule has 2 atom stereocenters. The number of esters is 2. The summed E-state index contributed by atoms with van der Waals surface area (Å²) in [6.45, 7) is 4.66. The van der Waals surface area contributed by atoms with Gasteiger partial charge in [-0.1, -0.05) is 134 Å². The van der Waals surface area contributed by atoms with Crippen molar-refractivity contribution in [3.8, 4) is 0 Å². The Kier molecular flexibility index (Phi) is 34.8. The highest BCUT2D eigenvalue weighted by Crippen LogP contribution is 2.13. The van der Waals surface area contributed by atoms with E-state index in [1.807, 2.05) is 21.1 Å². The zero-order chi connectivity index (χ0) is 39.3. The molecule has 0 bridgehead atoms. The SMILES string of the molecule is CCCC/C=C\C/C=C\CCCCCCCC(=O)OC(COCCC(C(=O)O)[N+](C)(C)C)COC(=O)CCCCCCC/C=C\CCCCCCCC. The standard InChI is InChI=1S/C45H81NO7/c1-6-8-10-12-14-16-18-20-22-24-25-27-29-31-33-35-43(47)52-40-41(39-51-38-37-42(45(49)50)46(3,4)5)53-44(48)36-34-32-30-28-26-23-21-19-17-15-13-11-9-7-2/h13,15,19-22,41-42H,6-12,14,16-18,23-40H2,1-5H3/p+1/b15-13-,21-19-,22-20-. The Morgan fingerprint density at radius 2 is 1.02 bits per heavy atom. The van der Waals surface area contributed by atoms with Gasteiger partial charge in [0.25, 0.3) is 0 Å². The first kappa shape index (κ1) is 50.5. The summed E-state index contributed by atoms with van der Waals surface area (Å²) in [5.74, 6) is -1.50. The zero-order valence-electron chi connectivity index (χ0n) is 35.0. The summed E-state index contributed by atoms with van der Waals surface area (Å²) in [7, 11) is 5.51. The van der Waals surface area contributed by atoms with Gasteiger partial charge in [-0.05, 0) is 64.2 Å². The molecule has 0 aromatic heterocycles. The predicted octanol–water partition coefficient (Wildman–Crippen LogP) is 11.5. The summed E-state index contributed by atoms with van der Waals surface area (Å²) in [6.07, 6.45) is 40.3. The van der Waals surface area contributed by atoms with Crippen LogP contribution in [0.1, 0.15) is 181 Å². The van der Waals surface area contributed by atoms with Crippen LogP contribution in [0.5, 0.6) is 0 Å². The molecular formula is C45H82NO7+. The van der Waals surface area contributed by atoms with E-state index in [0.717, 1.165) is 77.0 Å². The molecule has 0 amide bonds. The minimum absolute atomic E-state index is 0.0535. The van der Waals surface area contributed by atoms with Gasteiger partial charge in [0.1, 0.15) is 6.61 Å². The second-order valence-corrected chi connectivity index (χ2v) is 15.6. The maximum Gasteiger partial charge on any atom is 0.362 e. The molecular weight excluding hydrogens is 666 g/mol. The lowest BCUT2D eigenvalue weighted by atomic mass is 10.1. The molecule has 0 saturated heterocycles. The lowest BCUT2D eigenvalue weighted by Crippen LogP contribution is -2.50. The van der Waals surface area contributed by atoms with E-state index in [0.29, 0.717) is 19.3 Å². The van der Waals surface area contributed by atoms with Crippen LogP contribution >= 0.6 is 0 Å². The summed E-state index contributed by atoms with van der Waals surface area (Å²) in [4.78, 5) is 36.9. The number of unbranched alkanes of at least 4 members (excludes halogenated alkanes) is 18. The molecule has 0 aliphatic heterocycles. The molecule has 0 aliphatic rings. The van der Waals surface area contributed by atoms with Gasteiger partial charge in [-0.3, -0.25) is 9.59 Å². The van der Waals surface area contributed by atoms with Crippen molar-refractivity contribution in [3.05, 3.63) is 36.5 Å². The number of carboxylic acids is 1. The summed E-state index contributed by atoms with van der Waals surface area (Å²) in [5, 5.41) is 9.61. The number of hydrogen-bond donors (Lipinski definition) is 1. The number of carbonyl (C=O) groups excluding carboxylic acids is 2. The number of nitrogens with zero attached hydrogens (tertiary/aromatic N) is 1. The molecule has 0 spiro atoms. The smallest absolute Gasteiger partial charge is 0.362 e.